The minimum atomic E-state index is -0.692. The van der Waals surface area contributed by atoms with Gasteiger partial charge in [-0.05, 0) is 61.1 Å². The largest absolute Gasteiger partial charge is 0.357 e. The number of fused-ring (bicyclic) bond motifs is 1. The van der Waals surface area contributed by atoms with Crippen LogP contribution in [0.4, 0.5) is 15.8 Å². The summed E-state index contributed by atoms with van der Waals surface area (Å²) in [4.78, 5) is 29.5. The molecule has 0 saturated heterocycles. The van der Waals surface area contributed by atoms with Crippen molar-refractivity contribution >= 4 is 23.1 Å². The molecule has 190 valence electrons. The number of allylic oxidation sites excluding steroid dienone is 1. The SMILES string of the molecule is CCCCCC(=O)N1c2ccccc2NC2=C(C(=O)C[C@H](c3ccc(C)cc3)C2)[C@@H]1c1cccc(F)c1. The summed E-state index contributed by atoms with van der Waals surface area (Å²) in [7, 11) is 0. The van der Waals surface area contributed by atoms with Crippen LogP contribution in [0, 0.1) is 12.7 Å². The molecule has 4 nitrogen and oxygen atoms in total. The van der Waals surface area contributed by atoms with Gasteiger partial charge in [0.15, 0.2) is 5.78 Å². The van der Waals surface area contributed by atoms with Crippen LogP contribution in [0.3, 0.4) is 0 Å². The summed E-state index contributed by atoms with van der Waals surface area (Å²) < 4.78 is 14.5. The molecule has 3 aromatic rings. The predicted molar refractivity (Wildman–Crippen MR) is 146 cm³/mol. The fourth-order valence-corrected chi connectivity index (χ4v) is 5.58. The molecule has 0 spiro atoms. The Morgan fingerprint density at radius 3 is 2.51 bits per heavy atom. The molecule has 1 aliphatic heterocycles. The number of benzene rings is 3. The van der Waals surface area contributed by atoms with E-state index in [4.69, 9.17) is 0 Å². The Bertz CT molecular complexity index is 1340. The Labute approximate surface area is 218 Å². The maximum Gasteiger partial charge on any atom is 0.227 e. The molecule has 0 unspecified atom stereocenters. The van der Waals surface area contributed by atoms with Gasteiger partial charge < -0.3 is 5.32 Å². The molecule has 1 heterocycles. The van der Waals surface area contributed by atoms with Crippen LogP contribution in [-0.4, -0.2) is 11.7 Å². The number of Topliss-reactive ketones (excluding diaryl/α,β-unsaturated/α-hetero) is 1. The van der Waals surface area contributed by atoms with Gasteiger partial charge in [-0.3, -0.25) is 14.5 Å². The van der Waals surface area contributed by atoms with Gasteiger partial charge in [-0.1, -0.05) is 73.9 Å². The van der Waals surface area contributed by atoms with E-state index in [2.05, 4.69) is 43.4 Å². The number of carbonyl (C=O) groups is 2. The highest BCUT2D eigenvalue weighted by Gasteiger charge is 2.41. The first-order valence-electron chi connectivity index (χ1n) is 13.2. The second-order valence-corrected chi connectivity index (χ2v) is 10.2. The number of rotatable bonds is 6. The number of para-hydroxylation sites is 2. The molecule has 0 saturated carbocycles. The van der Waals surface area contributed by atoms with Gasteiger partial charge in [0.25, 0.3) is 0 Å². The molecule has 1 N–H and O–H groups in total. The zero-order chi connectivity index (χ0) is 25.9. The van der Waals surface area contributed by atoms with E-state index in [-0.39, 0.29) is 23.4 Å². The van der Waals surface area contributed by atoms with Crippen molar-refractivity contribution in [1.29, 1.82) is 0 Å². The highest BCUT2D eigenvalue weighted by molar-refractivity contribution is 6.06. The fraction of sp³-hybridized carbons (Fsp3) is 0.312. The molecule has 3 aromatic carbocycles. The van der Waals surface area contributed by atoms with Crippen molar-refractivity contribution in [1.82, 2.24) is 0 Å². The number of unbranched alkanes of at least 4 members (excludes halogenated alkanes) is 2. The number of nitrogens with zero attached hydrogens (tertiary/aromatic N) is 1. The van der Waals surface area contributed by atoms with Crippen molar-refractivity contribution in [3.8, 4) is 0 Å². The third-order valence-corrected chi connectivity index (χ3v) is 7.46. The van der Waals surface area contributed by atoms with Gasteiger partial charge in [0.05, 0.1) is 17.4 Å². The van der Waals surface area contributed by atoms with Gasteiger partial charge in [0, 0.05) is 24.1 Å². The maximum atomic E-state index is 14.5. The van der Waals surface area contributed by atoms with E-state index < -0.39 is 6.04 Å². The molecule has 5 rings (SSSR count). The predicted octanol–water partition coefficient (Wildman–Crippen LogP) is 7.62. The molecule has 2 atom stereocenters. The first kappa shape index (κ1) is 24.9. The zero-order valence-corrected chi connectivity index (χ0v) is 21.5. The van der Waals surface area contributed by atoms with E-state index in [1.165, 1.54) is 17.7 Å². The van der Waals surface area contributed by atoms with Gasteiger partial charge in [0.2, 0.25) is 5.91 Å². The molecule has 37 heavy (non-hydrogen) atoms. The molecule has 0 radical (unpaired) electrons. The number of nitrogens with one attached hydrogen (secondary N) is 1. The molecule has 5 heteroatoms. The third kappa shape index (κ3) is 5.08. The number of hydrogen-bond acceptors (Lipinski definition) is 3. The van der Waals surface area contributed by atoms with E-state index in [0.717, 1.165) is 36.2 Å². The quantitative estimate of drug-likeness (QED) is 0.357. The number of amides is 1. The summed E-state index contributed by atoms with van der Waals surface area (Å²) in [5, 5.41) is 3.54. The van der Waals surface area contributed by atoms with Crippen LogP contribution in [0.25, 0.3) is 0 Å². The number of aryl methyl sites for hydroxylation is 1. The van der Waals surface area contributed by atoms with Gasteiger partial charge in [0.1, 0.15) is 5.82 Å². The Morgan fingerprint density at radius 1 is 0.973 bits per heavy atom. The summed E-state index contributed by atoms with van der Waals surface area (Å²) in [6.45, 7) is 4.16. The Kier molecular flexibility index (Phi) is 7.22. The average Bonchev–Trinajstić information content (AvgIpc) is 3.04. The zero-order valence-electron chi connectivity index (χ0n) is 21.5. The van der Waals surface area contributed by atoms with E-state index in [1.807, 2.05) is 30.3 Å². The maximum absolute atomic E-state index is 14.5. The normalized spacial score (nSPS) is 19.1. The van der Waals surface area contributed by atoms with Crippen LogP contribution < -0.4 is 10.2 Å². The highest BCUT2D eigenvalue weighted by atomic mass is 19.1. The van der Waals surface area contributed by atoms with Gasteiger partial charge in [-0.25, -0.2) is 4.39 Å². The summed E-state index contributed by atoms with van der Waals surface area (Å²) in [6, 6.07) is 21.6. The Balaban J connectivity index is 1.66. The van der Waals surface area contributed by atoms with E-state index >= 15 is 0 Å². The minimum absolute atomic E-state index is 0.00671. The van der Waals surface area contributed by atoms with E-state index in [9.17, 15) is 14.0 Å². The number of ketones is 1. The van der Waals surface area contributed by atoms with Gasteiger partial charge in [-0.2, -0.15) is 0 Å². The lowest BCUT2D eigenvalue weighted by molar-refractivity contribution is -0.119. The Hall–Kier alpha value is -3.73. The average molecular weight is 497 g/mol. The number of carbonyl (C=O) groups excluding carboxylic acids is 2. The highest BCUT2D eigenvalue weighted by Crippen LogP contribution is 2.47. The lowest BCUT2D eigenvalue weighted by Crippen LogP contribution is -2.38. The molecular weight excluding hydrogens is 463 g/mol. The van der Waals surface area contributed by atoms with Crippen molar-refractivity contribution in [2.24, 2.45) is 0 Å². The first-order chi connectivity index (χ1) is 18.0. The summed E-state index contributed by atoms with van der Waals surface area (Å²) in [5.74, 6) is -0.414. The lowest BCUT2D eigenvalue weighted by Gasteiger charge is -2.35. The van der Waals surface area contributed by atoms with Crippen LogP contribution in [0.15, 0.2) is 84.1 Å². The smallest absolute Gasteiger partial charge is 0.227 e. The summed E-state index contributed by atoms with van der Waals surface area (Å²) in [6.07, 6.45) is 4.09. The number of hydrogen-bond donors (Lipinski definition) is 1. The van der Waals surface area contributed by atoms with Crippen LogP contribution in [0.2, 0.25) is 0 Å². The molecule has 0 fully saturated rings. The molecule has 1 aliphatic carbocycles. The third-order valence-electron chi connectivity index (χ3n) is 7.46. The molecule has 0 aromatic heterocycles. The molecular formula is C32H33FN2O2. The monoisotopic (exact) mass is 496 g/mol. The summed E-state index contributed by atoms with van der Waals surface area (Å²) in [5.41, 5.74) is 5.79. The topological polar surface area (TPSA) is 49.4 Å². The summed E-state index contributed by atoms with van der Waals surface area (Å²) >= 11 is 0. The number of halogens is 1. The second-order valence-electron chi connectivity index (χ2n) is 10.2. The van der Waals surface area contributed by atoms with Crippen LogP contribution in [0.5, 0.6) is 0 Å². The fourth-order valence-electron chi connectivity index (χ4n) is 5.58. The van der Waals surface area contributed by atoms with Crippen molar-refractivity contribution < 1.29 is 14.0 Å². The second kappa shape index (κ2) is 10.7. The standard InChI is InChI=1S/C32H33FN2O2/c1-3-4-5-13-30(37)35-28-12-7-6-11-26(28)34-27-19-24(22-16-14-21(2)15-17-22)20-29(36)31(27)32(35)23-9-8-10-25(33)18-23/h6-12,14-18,24,32,34H,3-5,13,19-20H2,1-2H3/t24-,32+/m1/s1. The van der Waals surface area contributed by atoms with E-state index in [0.29, 0.717) is 36.1 Å². The Morgan fingerprint density at radius 2 is 1.76 bits per heavy atom. The van der Waals surface area contributed by atoms with Crippen LogP contribution in [0.1, 0.15) is 74.1 Å². The first-order valence-corrected chi connectivity index (χ1v) is 13.2. The number of anilines is 2. The van der Waals surface area contributed by atoms with Gasteiger partial charge in [-0.15, -0.1) is 0 Å². The van der Waals surface area contributed by atoms with Crippen molar-refractivity contribution in [3.63, 3.8) is 0 Å². The molecule has 2 aliphatic rings. The minimum Gasteiger partial charge on any atom is -0.357 e. The van der Waals surface area contributed by atoms with Crippen LogP contribution >= 0.6 is 0 Å². The molecule has 1 amide bonds. The van der Waals surface area contributed by atoms with Crippen molar-refractivity contribution in [2.45, 2.75) is 64.3 Å². The van der Waals surface area contributed by atoms with Crippen molar-refractivity contribution in [3.05, 3.63) is 107 Å². The van der Waals surface area contributed by atoms with Crippen molar-refractivity contribution in [2.75, 3.05) is 10.2 Å². The van der Waals surface area contributed by atoms with Crippen LogP contribution in [-0.2, 0) is 9.59 Å². The lowest BCUT2D eigenvalue weighted by atomic mass is 9.78. The van der Waals surface area contributed by atoms with E-state index in [1.54, 1.807) is 11.0 Å². The van der Waals surface area contributed by atoms with Gasteiger partial charge >= 0.3 is 0 Å². The molecule has 0 bridgehead atoms.